The van der Waals surface area contributed by atoms with Crippen LogP contribution in [0.4, 0.5) is 11.5 Å². The monoisotopic (exact) mass is 494 g/mol. The number of benzene rings is 1. The van der Waals surface area contributed by atoms with Crippen molar-refractivity contribution in [1.82, 2.24) is 19.5 Å². The van der Waals surface area contributed by atoms with Crippen LogP contribution in [0, 0.1) is 0 Å². The number of rotatable bonds is 7. The van der Waals surface area contributed by atoms with Gasteiger partial charge in [0.05, 0.1) is 6.33 Å². The highest BCUT2D eigenvalue weighted by Gasteiger charge is 2.31. The van der Waals surface area contributed by atoms with Crippen LogP contribution < -0.4 is 16.4 Å². The maximum absolute atomic E-state index is 12.4. The predicted octanol–water partition coefficient (Wildman–Crippen LogP) is 2.61. The Morgan fingerprint density at radius 1 is 1.09 bits per heavy atom. The molecular formula is C20H28N6O5P2. The van der Waals surface area contributed by atoms with Crippen LogP contribution >= 0.6 is 15.0 Å². The molecule has 0 bridgehead atoms. The first kappa shape index (κ1) is 24.0. The second-order valence-electron chi connectivity index (χ2n) is 8.42. The second kappa shape index (κ2) is 9.25. The molecule has 1 atom stereocenters. The zero-order valence-corrected chi connectivity index (χ0v) is 20.0. The Balaban J connectivity index is 1.64. The van der Waals surface area contributed by atoms with Crippen molar-refractivity contribution in [2.75, 3.05) is 11.2 Å². The minimum atomic E-state index is -4.63. The van der Waals surface area contributed by atoms with Gasteiger partial charge in [-0.1, -0.05) is 0 Å². The number of imidazole rings is 1. The predicted molar refractivity (Wildman–Crippen MR) is 126 cm³/mol. The molecule has 1 aliphatic carbocycles. The number of nitrogens with zero attached hydrogens (tertiary/aromatic N) is 4. The van der Waals surface area contributed by atoms with Crippen molar-refractivity contribution in [3.63, 3.8) is 0 Å². The molecule has 1 aliphatic rings. The summed E-state index contributed by atoms with van der Waals surface area (Å²) in [4.78, 5) is 42.2. The van der Waals surface area contributed by atoms with Gasteiger partial charge in [-0.2, -0.15) is 0 Å². The Labute approximate surface area is 191 Å². The first-order chi connectivity index (χ1) is 15.6. The van der Waals surface area contributed by atoms with Crippen LogP contribution in [0.1, 0.15) is 44.3 Å². The highest BCUT2D eigenvalue weighted by atomic mass is 31.2. The maximum Gasteiger partial charge on any atom is 0.335 e. The van der Waals surface area contributed by atoms with Crippen molar-refractivity contribution in [2.24, 2.45) is 5.73 Å². The van der Waals surface area contributed by atoms with Gasteiger partial charge in [-0.15, -0.1) is 0 Å². The fourth-order valence-electron chi connectivity index (χ4n) is 4.09. The van der Waals surface area contributed by atoms with E-state index in [9.17, 15) is 14.0 Å². The van der Waals surface area contributed by atoms with E-state index < -0.39 is 20.9 Å². The van der Waals surface area contributed by atoms with Crippen molar-refractivity contribution in [1.29, 1.82) is 0 Å². The average Bonchev–Trinajstić information content (AvgIpc) is 3.16. The van der Waals surface area contributed by atoms with Crippen LogP contribution in [0.25, 0.3) is 11.2 Å². The molecule has 1 fully saturated rings. The molecule has 0 spiro atoms. The van der Waals surface area contributed by atoms with Crippen LogP contribution in [0.2, 0.25) is 0 Å². The lowest BCUT2D eigenvalue weighted by atomic mass is 9.86. The molecule has 1 saturated carbocycles. The van der Waals surface area contributed by atoms with Crippen molar-refractivity contribution in [3.8, 4) is 0 Å². The molecule has 2 heterocycles. The number of nitrogens with two attached hydrogens (primary N) is 1. The van der Waals surface area contributed by atoms with E-state index in [0.29, 0.717) is 23.6 Å². The second-order valence-corrected chi connectivity index (χ2v) is 12.8. The minimum Gasteiger partial charge on any atom is -0.341 e. The Kier molecular flexibility index (Phi) is 6.73. The number of fused-ring (bicyclic) bond motifs is 1. The van der Waals surface area contributed by atoms with Crippen LogP contribution in [0.5, 0.6) is 0 Å². The first-order valence-corrected chi connectivity index (χ1v) is 14.4. The van der Waals surface area contributed by atoms with Gasteiger partial charge in [0, 0.05) is 29.5 Å². The van der Waals surface area contributed by atoms with E-state index in [1.807, 2.05) is 11.5 Å². The van der Waals surface area contributed by atoms with E-state index in [4.69, 9.17) is 25.5 Å². The number of aromatic nitrogens is 4. The van der Waals surface area contributed by atoms with E-state index in [1.165, 1.54) is 12.1 Å². The molecule has 11 nitrogen and oxygen atoms in total. The Morgan fingerprint density at radius 3 is 2.36 bits per heavy atom. The van der Waals surface area contributed by atoms with E-state index in [-0.39, 0.29) is 17.3 Å². The summed E-state index contributed by atoms with van der Waals surface area (Å²) < 4.78 is 25.5. The van der Waals surface area contributed by atoms with Crippen LogP contribution in [0.3, 0.4) is 0 Å². The third-order valence-corrected chi connectivity index (χ3v) is 9.98. The molecular weight excluding hydrogens is 466 g/mol. The number of hydrogen-bond acceptors (Lipinski definition) is 7. The lowest BCUT2D eigenvalue weighted by Gasteiger charge is -2.25. The molecule has 0 aliphatic heterocycles. The first-order valence-electron chi connectivity index (χ1n) is 10.8. The van der Waals surface area contributed by atoms with Gasteiger partial charge in [-0.3, -0.25) is 9.13 Å². The Bertz CT molecular complexity index is 1230. The average molecular weight is 494 g/mol. The Morgan fingerprint density at radius 2 is 1.76 bits per heavy atom. The van der Waals surface area contributed by atoms with E-state index in [0.717, 1.165) is 37.2 Å². The molecule has 6 N–H and O–H groups in total. The fraction of sp³-hybridized carbons (Fsp3) is 0.450. The summed E-state index contributed by atoms with van der Waals surface area (Å²) in [5, 5.41) is 3.19. The summed E-state index contributed by atoms with van der Waals surface area (Å²) in [6.07, 6.45) is 5.43. The summed E-state index contributed by atoms with van der Waals surface area (Å²) in [5.41, 5.74) is 8.00. The zero-order chi connectivity index (χ0) is 23.8. The van der Waals surface area contributed by atoms with Gasteiger partial charge in [-0.05, 0) is 56.9 Å². The molecule has 0 amide bonds. The SMILES string of the molecule is CCn1cnc2c(Nc3ccc(P(=O)(O)CP(=O)(O)O)cc3)nc([C@H]3CC[C@H](N)CC3)nc21. The van der Waals surface area contributed by atoms with Crippen molar-refractivity contribution >= 4 is 42.9 Å². The largest absolute Gasteiger partial charge is 0.341 e. The summed E-state index contributed by atoms with van der Waals surface area (Å²) in [6.45, 7) is 2.72. The molecule has 33 heavy (non-hydrogen) atoms. The molecule has 4 rings (SSSR count). The molecule has 2 aromatic heterocycles. The van der Waals surface area contributed by atoms with E-state index in [1.54, 1.807) is 18.5 Å². The Hall–Kier alpha value is -2.13. The van der Waals surface area contributed by atoms with Gasteiger partial charge >= 0.3 is 7.60 Å². The quantitative estimate of drug-likeness (QED) is 0.307. The van der Waals surface area contributed by atoms with Gasteiger partial charge in [0.2, 0.25) is 7.37 Å². The topological polar surface area (TPSA) is 176 Å². The van der Waals surface area contributed by atoms with Crippen LogP contribution in [-0.2, 0) is 15.7 Å². The van der Waals surface area contributed by atoms with E-state index in [2.05, 4.69) is 10.3 Å². The number of nitrogens with one attached hydrogen (secondary N) is 1. The smallest absolute Gasteiger partial charge is 0.335 e. The number of anilines is 2. The third kappa shape index (κ3) is 5.51. The number of hydrogen-bond donors (Lipinski definition) is 5. The van der Waals surface area contributed by atoms with Gasteiger partial charge in [-0.25, -0.2) is 15.0 Å². The highest BCUT2D eigenvalue weighted by Crippen LogP contribution is 2.53. The van der Waals surface area contributed by atoms with E-state index >= 15 is 0 Å². The summed E-state index contributed by atoms with van der Waals surface area (Å²) in [7, 11) is -8.82. The molecule has 1 unspecified atom stereocenters. The summed E-state index contributed by atoms with van der Waals surface area (Å²) in [5.74, 6) is 0.394. The van der Waals surface area contributed by atoms with Crippen molar-refractivity contribution in [2.45, 2.75) is 51.1 Å². The van der Waals surface area contributed by atoms with Crippen LogP contribution in [-0.4, -0.2) is 46.1 Å². The van der Waals surface area contributed by atoms with Gasteiger partial charge in [0.15, 0.2) is 17.0 Å². The van der Waals surface area contributed by atoms with Crippen molar-refractivity contribution < 1.29 is 23.8 Å². The zero-order valence-electron chi connectivity index (χ0n) is 18.2. The van der Waals surface area contributed by atoms with Crippen LogP contribution in [0.15, 0.2) is 30.6 Å². The van der Waals surface area contributed by atoms with Gasteiger partial charge in [0.25, 0.3) is 0 Å². The molecule has 13 heteroatoms. The molecule has 178 valence electrons. The summed E-state index contributed by atoms with van der Waals surface area (Å²) >= 11 is 0. The molecule has 0 radical (unpaired) electrons. The molecule has 1 aromatic carbocycles. The summed E-state index contributed by atoms with van der Waals surface area (Å²) in [6, 6.07) is 6.12. The van der Waals surface area contributed by atoms with Crippen molar-refractivity contribution in [3.05, 3.63) is 36.4 Å². The normalized spacial score (nSPS) is 21.1. The third-order valence-electron chi connectivity index (χ3n) is 5.87. The standard InChI is InChI=1S/C20H28N6O5P2/c1-2-26-11-22-17-19(24-18(25-20(17)26)13-3-5-14(21)6-4-13)23-15-7-9-16(10-8-15)32(27,28)12-33(29,30)31/h7-11,13-14H,2-6,12,21H2,1H3,(H,27,28)(H,23,24,25)(H2,29,30,31)/t13-,14-. The molecule has 3 aromatic rings. The number of aryl methyl sites for hydroxylation is 1. The molecule has 0 saturated heterocycles. The lowest BCUT2D eigenvalue weighted by molar-refractivity contribution is 0.376. The lowest BCUT2D eigenvalue weighted by Crippen LogP contribution is -2.26. The highest BCUT2D eigenvalue weighted by molar-refractivity contribution is 7.77. The maximum atomic E-state index is 12.4. The van der Waals surface area contributed by atoms with Gasteiger partial charge < -0.3 is 30.3 Å². The minimum absolute atomic E-state index is 0.0290. The van der Waals surface area contributed by atoms with Gasteiger partial charge in [0.1, 0.15) is 11.7 Å². The fourth-order valence-corrected chi connectivity index (χ4v) is 7.35.